The second kappa shape index (κ2) is 41.2. The Bertz CT molecular complexity index is 4390. The molecule has 0 aromatic heterocycles. The van der Waals surface area contributed by atoms with Crippen LogP contribution in [0.2, 0.25) is 0 Å². The number of methoxy groups -OCH3 is 4. The van der Waals surface area contributed by atoms with Crippen molar-refractivity contribution in [2.45, 2.75) is 233 Å². The van der Waals surface area contributed by atoms with E-state index >= 15 is 0 Å². The van der Waals surface area contributed by atoms with Gasteiger partial charge in [-0.15, -0.1) is 0 Å². The molecule has 0 saturated carbocycles. The van der Waals surface area contributed by atoms with Crippen molar-refractivity contribution in [1.82, 2.24) is 40.9 Å². The number of carbonyl (C=O) groups is 12. The lowest BCUT2D eigenvalue weighted by Gasteiger charge is -2.35. The second-order valence-corrected chi connectivity index (χ2v) is 37.9. The van der Waals surface area contributed by atoms with E-state index in [-0.39, 0.29) is 83.1 Å². The van der Waals surface area contributed by atoms with Gasteiger partial charge < -0.3 is 90.9 Å². The lowest BCUT2D eigenvalue weighted by molar-refractivity contribution is -0.140. The molecule has 6 fully saturated rings. The largest absolute Gasteiger partial charge is 0.453 e. The monoisotopic (exact) mass is 1770 g/mol. The molecule has 32 heteroatoms. The summed E-state index contributed by atoms with van der Waals surface area (Å²) in [6.07, 6.45) is 4.82. The van der Waals surface area contributed by atoms with Crippen molar-refractivity contribution in [3.05, 3.63) is 179 Å². The van der Waals surface area contributed by atoms with Crippen molar-refractivity contribution >= 4 is 106 Å². The average molecular weight is 1770 g/mol. The van der Waals surface area contributed by atoms with Crippen LogP contribution in [-0.4, -0.2) is 194 Å². The molecule has 6 aliphatic heterocycles. The number of benzene rings is 6. The molecule has 6 aromatic rings. The van der Waals surface area contributed by atoms with E-state index in [9.17, 15) is 66.3 Å². The Kier molecular flexibility index (Phi) is 30.9. The molecule has 0 radical (unpaired) electrons. The van der Waals surface area contributed by atoms with Gasteiger partial charge in [0.05, 0.1) is 52.6 Å². The Morgan fingerprint density at radius 1 is 0.289 bits per heavy atom. The Balaban J connectivity index is 0.000000248. The molecule has 12 atom stereocenters. The van der Waals surface area contributed by atoms with E-state index in [0.29, 0.717) is 100 Å². The highest BCUT2D eigenvalue weighted by atomic mass is 19.1. The summed E-state index contributed by atoms with van der Waals surface area (Å²) in [7, 11) is 4.95. The van der Waals surface area contributed by atoms with Crippen LogP contribution in [0.3, 0.4) is 0 Å². The zero-order chi connectivity index (χ0) is 93.0. The Hall–Kier alpha value is -12.4. The third-order valence-corrected chi connectivity index (χ3v) is 24.9. The maximum absolute atomic E-state index is 14.2. The molecule has 6 heterocycles. The first-order chi connectivity index (χ1) is 60.6. The molecule has 6 saturated heterocycles. The third-order valence-electron chi connectivity index (χ3n) is 24.9. The van der Waals surface area contributed by atoms with Crippen molar-refractivity contribution in [1.29, 1.82) is 0 Å². The van der Waals surface area contributed by atoms with Gasteiger partial charge in [-0.25, -0.2) is 28.0 Å². The predicted molar refractivity (Wildman–Crippen MR) is 482 cm³/mol. The molecule has 8 N–H and O–H groups in total. The number of ether oxygens (including phenoxy) is 4. The Morgan fingerprint density at radius 3 is 0.648 bits per heavy atom. The van der Waals surface area contributed by atoms with Crippen LogP contribution in [0.25, 0.3) is 0 Å². The molecule has 0 spiro atoms. The van der Waals surface area contributed by atoms with Crippen LogP contribution in [0.4, 0.5) is 62.1 Å². The number of hydrogen-bond acceptors (Lipinski definition) is 18. The zero-order valence-corrected chi connectivity index (χ0v) is 76.1. The van der Waals surface area contributed by atoms with Crippen LogP contribution in [0.5, 0.6) is 0 Å². The standard InChI is InChI=1S/2C48H62FN7O8/c2*1-47(2,3)39(52-45(61)63-7)43(59)54-27-9-11-37(54)41(57)50-32-19-13-29(14-20-32)35-25-26-36(56(35)34-23-17-31(49)18-24-34)30-15-21-33(22-16-30)51-42(58)38-12-10-28-55(38)44(60)40(48(4,5)6)53-46(62)64-8/h2*13-24,35-40H,9-12,25-28H2,1-8H3,(H,50,57)(H,51,58)(H,52,61)(H,53,62)/t35-,36-,37+,38+,39-,40-;35-,36-,37-,38-,39+,40+/m10/s1. The van der Waals surface area contributed by atoms with E-state index in [1.54, 1.807) is 24.3 Å². The lowest BCUT2D eigenvalue weighted by Crippen LogP contribution is -2.57. The second-order valence-electron chi connectivity index (χ2n) is 37.9. The number of carbonyl (C=O) groups excluding carboxylic acids is 12. The van der Waals surface area contributed by atoms with Crippen LogP contribution in [-0.2, 0) is 57.3 Å². The first-order valence-corrected chi connectivity index (χ1v) is 43.9. The average Bonchev–Trinajstić information content (AvgIpc) is 1.63. The van der Waals surface area contributed by atoms with Crippen LogP contribution in [0.1, 0.15) is 207 Å². The van der Waals surface area contributed by atoms with E-state index in [4.69, 9.17) is 18.9 Å². The number of halogens is 2. The fourth-order valence-electron chi connectivity index (χ4n) is 18.1. The van der Waals surface area contributed by atoms with Gasteiger partial charge in [-0.1, -0.05) is 132 Å². The highest BCUT2D eigenvalue weighted by Crippen LogP contribution is 2.50. The number of rotatable bonds is 22. The van der Waals surface area contributed by atoms with Crippen LogP contribution >= 0.6 is 0 Å². The SMILES string of the molecule is COC(=O)N[C@H](C(=O)N1CCC[C@H]1C(=O)Nc1ccc([C@@H]2CC[C@@H](c3ccc(NC(=O)[C@@H]4CCCN4C(=O)[C@@H](NC(=O)OC)C(C)(C)C)cc3)N2c2ccc(F)cc2)cc1)C(C)(C)C.COC(=O)N[C@H](C(=O)N1CCC[C@H]1C(=O)Nc1ccc([C@H]2CC[C@H](c3ccc(NC(=O)[C@@H]4CCCN4C(=O)[C@@H](NC(=O)OC)C(C)(C)C)cc3)N2c2ccc(F)cc2)cc1)C(C)(C)C. The van der Waals surface area contributed by atoms with Crippen molar-refractivity contribution in [2.75, 3.05) is 85.7 Å². The summed E-state index contributed by atoms with van der Waals surface area (Å²) in [6.45, 7) is 23.7. The molecule has 12 amide bonds. The highest BCUT2D eigenvalue weighted by molar-refractivity contribution is 6.02. The molecular formula is C96H124F2N14O16. The van der Waals surface area contributed by atoms with E-state index in [1.165, 1.54) is 72.3 Å². The van der Waals surface area contributed by atoms with Crippen molar-refractivity contribution < 1.29 is 85.3 Å². The normalized spacial score (nSPS) is 20.9. The smallest absolute Gasteiger partial charge is 0.407 e. The van der Waals surface area contributed by atoms with Gasteiger partial charge in [0.15, 0.2) is 0 Å². The summed E-state index contributed by atoms with van der Waals surface area (Å²) in [5.41, 5.74) is 5.47. The Labute approximate surface area is 747 Å². The maximum Gasteiger partial charge on any atom is 0.407 e. The van der Waals surface area contributed by atoms with Gasteiger partial charge in [0.25, 0.3) is 0 Å². The quantitative estimate of drug-likeness (QED) is 0.0293. The molecular weight excluding hydrogens is 1640 g/mol. The van der Waals surface area contributed by atoms with Gasteiger partial charge in [-0.05, 0) is 218 Å². The summed E-state index contributed by atoms with van der Waals surface area (Å²) >= 11 is 0. The van der Waals surface area contributed by atoms with Crippen LogP contribution in [0.15, 0.2) is 146 Å². The maximum atomic E-state index is 14.2. The number of anilines is 6. The summed E-state index contributed by atoms with van der Waals surface area (Å²) in [5, 5.41) is 22.6. The van der Waals surface area contributed by atoms with Gasteiger partial charge in [-0.3, -0.25) is 38.4 Å². The number of likely N-dealkylation sites (tertiary alicyclic amines) is 4. The molecule has 6 aliphatic rings. The van der Waals surface area contributed by atoms with Gasteiger partial charge in [0, 0.05) is 60.3 Å². The highest BCUT2D eigenvalue weighted by Gasteiger charge is 2.48. The predicted octanol–water partition coefficient (Wildman–Crippen LogP) is 14.6. The number of nitrogens with one attached hydrogen (secondary N) is 8. The molecule has 30 nitrogen and oxygen atoms in total. The fourth-order valence-corrected chi connectivity index (χ4v) is 18.1. The topological polar surface area (TPSA) is 357 Å². The van der Waals surface area contributed by atoms with Crippen LogP contribution < -0.4 is 52.3 Å². The van der Waals surface area contributed by atoms with Crippen molar-refractivity contribution in [3.8, 4) is 0 Å². The van der Waals surface area contributed by atoms with Gasteiger partial charge in [-0.2, -0.15) is 0 Å². The van der Waals surface area contributed by atoms with E-state index in [0.717, 1.165) is 59.3 Å². The molecule has 0 unspecified atom stereocenters. The Morgan fingerprint density at radius 2 is 0.477 bits per heavy atom. The minimum Gasteiger partial charge on any atom is -0.453 e. The van der Waals surface area contributed by atoms with E-state index < -0.39 is 94.4 Å². The van der Waals surface area contributed by atoms with Crippen molar-refractivity contribution in [2.24, 2.45) is 21.7 Å². The molecule has 12 rings (SSSR count). The first-order valence-electron chi connectivity index (χ1n) is 43.9. The number of alkyl carbamates (subject to hydrolysis) is 4. The summed E-state index contributed by atoms with van der Waals surface area (Å²) in [5.74, 6) is -3.29. The fraction of sp³-hybridized carbons (Fsp3) is 0.500. The number of nitrogens with zero attached hydrogens (tertiary/aromatic N) is 6. The minimum atomic E-state index is -0.885. The molecule has 0 aliphatic carbocycles. The summed E-state index contributed by atoms with van der Waals surface area (Å²) in [4.78, 5) is 169. The van der Waals surface area contributed by atoms with Gasteiger partial charge in [0.2, 0.25) is 47.3 Å². The van der Waals surface area contributed by atoms with Gasteiger partial charge in [0.1, 0.15) is 60.0 Å². The molecule has 0 bridgehead atoms. The number of hydrogen-bond donors (Lipinski definition) is 8. The lowest BCUT2D eigenvalue weighted by atomic mass is 9.85. The van der Waals surface area contributed by atoms with Crippen molar-refractivity contribution in [3.63, 3.8) is 0 Å². The molecule has 688 valence electrons. The summed E-state index contributed by atoms with van der Waals surface area (Å²) in [6, 6.07) is 36.6. The molecule has 6 aromatic carbocycles. The third kappa shape index (κ3) is 23.1. The molecule has 128 heavy (non-hydrogen) atoms. The van der Waals surface area contributed by atoms with E-state index in [2.05, 4.69) is 52.3 Å². The minimum absolute atomic E-state index is 0.0873. The first kappa shape index (κ1) is 96.3. The van der Waals surface area contributed by atoms with Crippen LogP contribution in [0, 0.1) is 33.3 Å². The summed E-state index contributed by atoms with van der Waals surface area (Å²) < 4.78 is 47.5. The van der Waals surface area contributed by atoms with E-state index in [1.807, 2.05) is 180 Å². The zero-order valence-electron chi connectivity index (χ0n) is 76.1. The van der Waals surface area contributed by atoms with Gasteiger partial charge >= 0.3 is 24.4 Å². The number of amides is 12.